The van der Waals surface area contributed by atoms with Gasteiger partial charge in [0, 0.05) is 11.9 Å². The van der Waals surface area contributed by atoms with E-state index in [1.165, 1.54) is 5.56 Å². The van der Waals surface area contributed by atoms with E-state index in [9.17, 15) is 0 Å². The fourth-order valence-corrected chi connectivity index (χ4v) is 2.56. The molecule has 0 spiro atoms. The number of hydrogen-bond donors (Lipinski definition) is 2. The molecule has 0 saturated heterocycles. The topological polar surface area (TPSA) is 37.0 Å². The third-order valence-corrected chi connectivity index (χ3v) is 3.47. The van der Waals surface area contributed by atoms with Gasteiger partial charge in [-0.05, 0) is 52.3 Å². The van der Waals surface area contributed by atoms with Crippen LogP contribution in [-0.2, 0) is 0 Å². The summed E-state index contributed by atoms with van der Waals surface area (Å²) < 4.78 is 6.22. The number of benzene rings is 1. The Morgan fingerprint density at radius 3 is 2.78 bits per heavy atom. The van der Waals surface area contributed by atoms with Gasteiger partial charge in [0.1, 0.15) is 5.75 Å². The molecule has 0 fully saturated rings. The van der Waals surface area contributed by atoms with E-state index in [4.69, 9.17) is 4.74 Å². The van der Waals surface area contributed by atoms with E-state index in [1.807, 2.05) is 18.3 Å². The molecule has 0 bridgehead atoms. The van der Waals surface area contributed by atoms with Gasteiger partial charge in [-0.15, -0.1) is 0 Å². The summed E-state index contributed by atoms with van der Waals surface area (Å²) in [6, 6.07) is 10.4. The largest absolute Gasteiger partial charge is 0.496 e. The second kappa shape index (κ2) is 6.07. The number of halogens is 1. The lowest BCUT2D eigenvalue weighted by Crippen LogP contribution is -2.22. The molecule has 2 rings (SSSR count). The monoisotopic (exact) mass is 308 g/mol. The SMILES string of the molecule is CCNC(c1ccc(OC)c(Br)c1)c1ccc[nH]1. The summed E-state index contributed by atoms with van der Waals surface area (Å²) in [6.07, 6.45) is 1.94. The molecule has 3 nitrogen and oxygen atoms in total. The predicted octanol–water partition coefficient (Wildman–Crippen LogP) is 3.48. The minimum absolute atomic E-state index is 0.173. The van der Waals surface area contributed by atoms with Gasteiger partial charge in [-0.25, -0.2) is 0 Å². The van der Waals surface area contributed by atoms with E-state index in [-0.39, 0.29) is 6.04 Å². The van der Waals surface area contributed by atoms with Gasteiger partial charge in [-0.3, -0.25) is 0 Å². The third kappa shape index (κ3) is 2.76. The number of rotatable bonds is 5. The summed E-state index contributed by atoms with van der Waals surface area (Å²) in [4.78, 5) is 3.26. The zero-order valence-electron chi connectivity index (χ0n) is 10.5. The number of aromatic nitrogens is 1. The molecule has 1 heterocycles. The molecule has 1 unspecified atom stereocenters. The van der Waals surface area contributed by atoms with Gasteiger partial charge in [0.25, 0.3) is 0 Å². The van der Waals surface area contributed by atoms with E-state index in [2.05, 4.69) is 51.4 Å². The molecule has 0 amide bonds. The van der Waals surface area contributed by atoms with Crippen molar-refractivity contribution in [2.45, 2.75) is 13.0 Å². The maximum Gasteiger partial charge on any atom is 0.133 e. The van der Waals surface area contributed by atoms with Crippen LogP contribution >= 0.6 is 15.9 Å². The summed E-state index contributed by atoms with van der Waals surface area (Å²) in [5.41, 5.74) is 2.36. The van der Waals surface area contributed by atoms with Gasteiger partial charge in [0.15, 0.2) is 0 Å². The van der Waals surface area contributed by atoms with Crippen molar-refractivity contribution in [2.75, 3.05) is 13.7 Å². The van der Waals surface area contributed by atoms with Crippen molar-refractivity contribution >= 4 is 15.9 Å². The highest BCUT2D eigenvalue weighted by molar-refractivity contribution is 9.10. The van der Waals surface area contributed by atoms with Crippen LogP contribution in [0.4, 0.5) is 0 Å². The Labute approximate surface area is 116 Å². The predicted molar refractivity (Wildman–Crippen MR) is 77.0 cm³/mol. The van der Waals surface area contributed by atoms with Gasteiger partial charge in [-0.1, -0.05) is 13.0 Å². The summed E-state index contributed by atoms with van der Waals surface area (Å²) >= 11 is 3.53. The fourth-order valence-electron chi connectivity index (χ4n) is 2.00. The molecule has 96 valence electrons. The lowest BCUT2D eigenvalue weighted by atomic mass is 10.0. The lowest BCUT2D eigenvalue weighted by molar-refractivity contribution is 0.411. The molecule has 0 aliphatic rings. The zero-order chi connectivity index (χ0) is 13.0. The maximum atomic E-state index is 5.26. The summed E-state index contributed by atoms with van der Waals surface area (Å²) in [7, 11) is 1.67. The highest BCUT2D eigenvalue weighted by Crippen LogP contribution is 2.30. The van der Waals surface area contributed by atoms with E-state index in [1.54, 1.807) is 7.11 Å². The molecule has 0 radical (unpaired) electrons. The van der Waals surface area contributed by atoms with Crippen LogP contribution in [0.15, 0.2) is 41.0 Å². The van der Waals surface area contributed by atoms with Gasteiger partial charge in [-0.2, -0.15) is 0 Å². The Bertz CT molecular complexity index is 497. The number of methoxy groups -OCH3 is 1. The Kier molecular flexibility index (Phi) is 4.44. The first-order valence-corrected chi connectivity index (χ1v) is 6.75. The molecule has 1 aromatic heterocycles. The lowest BCUT2D eigenvalue weighted by Gasteiger charge is -2.18. The van der Waals surface area contributed by atoms with Crippen LogP contribution in [0.2, 0.25) is 0 Å². The second-order valence-corrected chi connectivity index (χ2v) is 4.86. The Morgan fingerprint density at radius 2 is 2.22 bits per heavy atom. The maximum absolute atomic E-state index is 5.26. The molecular weight excluding hydrogens is 292 g/mol. The van der Waals surface area contributed by atoms with Crippen molar-refractivity contribution in [1.82, 2.24) is 10.3 Å². The third-order valence-electron chi connectivity index (χ3n) is 2.85. The van der Waals surface area contributed by atoms with Crippen molar-refractivity contribution in [1.29, 1.82) is 0 Å². The molecule has 2 aromatic rings. The van der Waals surface area contributed by atoms with Crippen LogP contribution in [0.25, 0.3) is 0 Å². The average molecular weight is 309 g/mol. The fraction of sp³-hybridized carbons (Fsp3) is 0.286. The summed E-state index contributed by atoms with van der Waals surface area (Å²) in [5.74, 6) is 0.848. The molecule has 0 aliphatic heterocycles. The second-order valence-electron chi connectivity index (χ2n) is 4.01. The van der Waals surface area contributed by atoms with Crippen LogP contribution in [0.3, 0.4) is 0 Å². The minimum Gasteiger partial charge on any atom is -0.496 e. The van der Waals surface area contributed by atoms with E-state index in [0.717, 1.165) is 22.5 Å². The van der Waals surface area contributed by atoms with Crippen molar-refractivity contribution in [3.8, 4) is 5.75 Å². The molecule has 2 N–H and O–H groups in total. The quantitative estimate of drug-likeness (QED) is 0.887. The summed E-state index contributed by atoms with van der Waals surface area (Å²) in [6.45, 7) is 3.02. The van der Waals surface area contributed by atoms with Crippen molar-refractivity contribution in [3.05, 3.63) is 52.3 Å². The molecule has 0 aliphatic carbocycles. The van der Waals surface area contributed by atoms with Gasteiger partial charge < -0.3 is 15.0 Å². The van der Waals surface area contributed by atoms with Gasteiger partial charge in [0.05, 0.1) is 17.6 Å². The van der Waals surface area contributed by atoms with E-state index in [0.29, 0.717) is 0 Å². The van der Waals surface area contributed by atoms with Crippen molar-refractivity contribution < 1.29 is 4.74 Å². The first-order valence-electron chi connectivity index (χ1n) is 5.96. The first-order chi connectivity index (χ1) is 8.76. The van der Waals surface area contributed by atoms with Crippen molar-refractivity contribution in [2.24, 2.45) is 0 Å². The number of aromatic amines is 1. The smallest absolute Gasteiger partial charge is 0.133 e. The molecule has 18 heavy (non-hydrogen) atoms. The Hall–Kier alpha value is -1.26. The number of hydrogen-bond acceptors (Lipinski definition) is 2. The first kappa shape index (κ1) is 13.2. The molecule has 4 heteroatoms. The molecule has 1 aromatic carbocycles. The standard InChI is InChI=1S/C14H17BrN2O/c1-3-16-14(12-5-4-8-17-12)10-6-7-13(18-2)11(15)9-10/h4-9,14,16-17H,3H2,1-2H3. The van der Waals surface area contributed by atoms with Gasteiger partial charge in [0.2, 0.25) is 0 Å². The molecule has 1 atom stereocenters. The van der Waals surface area contributed by atoms with Crippen LogP contribution in [0.1, 0.15) is 24.2 Å². The van der Waals surface area contributed by atoms with E-state index < -0.39 is 0 Å². The Morgan fingerprint density at radius 1 is 1.39 bits per heavy atom. The number of ether oxygens (including phenoxy) is 1. The van der Waals surface area contributed by atoms with Crippen LogP contribution in [0.5, 0.6) is 5.75 Å². The summed E-state index contributed by atoms with van der Waals surface area (Å²) in [5, 5.41) is 3.47. The molecule has 0 saturated carbocycles. The molecular formula is C14H17BrN2O. The Balaban J connectivity index is 2.34. The average Bonchev–Trinajstić information content (AvgIpc) is 2.89. The van der Waals surface area contributed by atoms with Crippen LogP contribution < -0.4 is 10.1 Å². The normalized spacial score (nSPS) is 12.4. The minimum atomic E-state index is 0.173. The number of nitrogens with one attached hydrogen (secondary N) is 2. The van der Waals surface area contributed by atoms with Crippen LogP contribution in [-0.4, -0.2) is 18.6 Å². The zero-order valence-corrected chi connectivity index (χ0v) is 12.1. The number of H-pyrrole nitrogens is 1. The van der Waals surface area contributed by atoms with Crippen molar-refractivity contribution in [3.63, 3.8) is 0 Å². The highest BCUT2D eigenvalue weighted by Gasteiger charge is 2.14. The van der Waals surface area contributed by atoms with E-state index >= 15 is 0 Å². The van der Waals surface area contributed by atoms with Gasteiger partial charge >= 0.3 is 0 Å². The van der Waals surface area contributed by atoms with Crippen LogP contribution in [0, 0.1) is 0 Å². The highest BCUT2D eigenvalue weighted by atomic mass is 79.9.